The number of nitrogens with one attached hydrogen (secondary N) is 1. The Balaban J connectivity index is 0.000000281. The van der Waals surface area contributed by atoms with Crippen molar-refractivity contribution in [3.05, 3.63) is 0 Å². The van der Waals surface area contributed by atoms with Crippen molar-refractivity contribution >= 4 is 0 Å². The standard InChI is InChI=1S/C8H15N.C2H6/c1-5-7-6(4-9-5)8(7,2)3;1-2/h5-7,9H,4H2,1-3H3;1-2H3. The van der Waals surface area contributed by atoms with Crippen molar-refractivity contribution < 1.29 is 0 Å². The molecule has 1 saturated heterocycles. The molecule has 1 aliphatic heterocycles. The molecule has 0 spiro atoms. The van der Waals surface area contributed by atoms with E-state index in [0.29, 0.717) is 5.41 Å². The molecule has 2 aliphatic rings. The summed E-state index contributed by atoms with van der Waals surface area (Å²) in [6.07, 6.45) is 0. The van der Waals surface area contributed by atoms with E-state index in [1.54, 1.807) is 0 Å². The largest absolute Gasteiger partial charge is 0.314 e. The molecular weight excluding hydrogens is 134 g/mol. The first-order valence-corrected chi connectivity index (χ1v) is 4.87. The Morgan fingerprint density at radius 3 is 2.00 bits per heavy atom. The van der Waals surface area contributed by atoms with Crippen LogP contribution in [0.5, 0.6) is 0 Å². The molecule has 1 saturated carbocycles. The molecule has 1 nitrogen and oxygen atoms in total. The lowest BCUT2D eigenvalue weighted by atomic mass is 10.0. The third-order valence-corrected chi connectivity index (χ3v) is 3.34. The molecule has 66 valence electrons. The van der Waals surface area contributed by atoms with Crippen molar-refractivity contribution in [3.8, 4) is 0 Å². The van der Waals surface area contributed by atoms with Gasteiger partial charge in [0.1, 0.15) is 0 Å². The normalized spacial score (nSPS) is 43.9. The van der Waals surface area contributed by atoms with Gasteiger partial charge in [0.05, 0.1) is 0 Å². The van der Waals surface area contributed by atoms with Crippen molar-refractivity contribution in [1.82, 2.24) is 5.32 Å². The quantitative estimate of drug-likeness (QED) is 0.566. The van der Waals surface area contributed by atoms with Gasteiger partial charge >= 0.3 is 0 Å². The van der Waals surface area contributed by atoms with Crippen molar-refractivity contribution in [1.29, 1.82) is 0 Å². The van der Waals surface area contributed by atoms with Gasteiger partial charge in [-0.3, -0.25) is 0 Å². The second-order valence-corrected chi connectivity index (χ2v) is 4.15. The highest BCUT2D eigenvalue weighted by molar-refractivity contribution is 5.13. The minimum atomic E-state index is 0.671. The van der Waals surface area contributed by atoms with E-state index in [1.807, 2.05) is 13.8 Å². The molecule has 1 N–H and O–H groups in total. The Morgan fingerprint density at radius 2 is 1.82 bits per heavy atom. The summed E-state index contributed by atoms with van der Waals surface area (Å²) >= 11 is 0. The summed E-state index contributed by atoms with van der Waals surface area (Å²) in [4.78, 5) is 0. The van der Waals surface area contributed by atoms with E-state index in [2.05, 4.69) is 26.1 Å². The van der Waals surface area contributed by atoms with Crippen LogP contribution in [0.2, 0.25) is 0 Å². The van der Waals surface area contributed by atoms with Crippen LogP contribution in [-0.4, -0.2) is 12.6 Å². The number of fused-ring (bicyclic) bond motifs is 1. The molecule has 0 bridgehead atoms. The summed E-state index contributed by atoms with van der Waals surface area (Å²) in [5.74, 6) is 1.98. The SMILES string of the molecule is CC.CC1NCC2C1C2(C)C. The van der Waals surface area contributed by atoms with Crippen molar-refractivity contribution in [3.63, 3.8) is 0 Å². The molecule has 3 atom stereocenters. The summed E-state index contributed by atoms with van der Waals surface area (Å²) in [5.41, 5.74) is 0.671. The zero-order valence-electron chi connectivity index (χ0n) is 8.44. The van der Waals surface area contributed by atoms with Crippen LogP contribution in [0.1, 0.15) is 34.6 Å². The van der Waals surface area contributed by atoms with E-state index in [0.717, 1.165) is 17.9 Å². The molecule has 2 rings (SSSR count). The maximum Gasteiger partial charge on any atom is 0.00756 e. The summed E-state index contributed by atoms with van der Waals surface area (Å²) < 4.78 is 0. The number of rotatable bonds is 0. The Hall–Kier alpha value is -0.0400. The van der Waals surface area contributed by atoms with Gasteiger partial charge < -0.3 is 5.32 Å². The van der Waals surface area contributed by atoms with Gasteiger partial charge in [-0.1, -0.05) is 27.7 Å². The van der Waals surface area contributed by atoms with Gasteiger partial charge in [0.15, 0.2) is 0 Å². The van der Waals surface area contributed by atoms with Gasteiger partial charge in [-0.05, 0) is 30.7 Å². The van der Waals surface area contributed by atoms with Crippen LogP contribution in [0.3, 0.4) is 0 Å². The predicted molar refractivity (Wildman–Crippen MR) is 49.6 cm³/mol. The summed E-state index contributed by atoms with van der Waals surface area (Å²) in [6, 6.07) is 0.782. The van der Waals surface area contributed by atoms with Gasteiger partial charge in [-0.2, -0.15) is 0 Å². The molecule has 0 radical (unpaired) electrons. The lowest BCUT2D eigenvalue weighted by Gasteiger charge is -2.13. The average molecular weight is 155 g/mol. The Bertz CT molecular complexity index is 140. The van der Waals surface area contributed by atoms with Gasteiger partial charge in [0.2, 0.25) is 0 Å². The molecule has 1 heterocycles. The Labute approximate surface area is 70.6 Å². The fourth-order valence-corrected chi connectivity index (χ4v) is 2.61. The highest BCUT2D eigenvalue weighted by Gasteiger charge is 2.62. The van der Waals surface area contributed by atoms with Crippen LogP contribution in [0.15, 0.2) is 0 Å². The van der Waals surface area contributed by atoms with Crippen molar-refractivity contribution in [2.45, 2.75) is 40.7 Å². The molecule has 0 amide bonds. The van der Waals surface area contributed by atoms with Crippen LogP contribution in [0.4, 0.5) is 0 Å². The van der Waals surface area contributed by atoms with Gasteiger partial charge in [-0.15, -0.1) is 0 Å². The van der Waals surface area contributed by atoms with Crippen LogP contribution in [0, 0.1) is 17.3 Å². The highest BCUT2D eigenvalue weighted by Crippen LogP contribution is 2.62. The van der Waals surface area contributed by atoms with Crippen LogP contribution >= 0.6 is 0 Å². The maximum atomic E-state index is 3.47. The molecule has 0 aromatic heterocycles. The third kappa shape index (κ3) is 1.20. The zero-order chi connectivity index (χ0) is 8.65. The molecular formula is C10H21N. The number of hydrogen-bond donors (Lipinski definition) is 1. The molecule has 0 aromatic rings. The zero-order valence-corrected chi connectivity index (χ0v) is 8.44. The van der Waals surface area contributed by atoms with E-state index in [-0.39, 0.29) is 0 Å². The lowest BCUT2D eigenvalue weighted by Crippen LogP contribution is -2.27. The summed E-state index contributed by atoms with van der Waals surface area (Å²) in [7, 11) is 0. The first kappa shape index (κ1) is 9.05. The minimum Gasteiger partial charge on any atom is -0.314 e. The predicted octanol–water partition coefficient (Wildman–Crippen LogP) is 2.28. The smallest absolute Gasteiger partial charge is 0.00756 e. The van der Waals surface area contributed by atoms with Gasteiger partial charge in [0, 0.05) is 6.04 Å². The monoisotopic (exact) mass is 155 g/mol. The Morgan fingerprint density at radius 1 is 1.27 bits per heavy atom. The first-order valence-electron chi connectivity index (χ1n) is 4.87. The van der Waals surface area contributed by atoms with Gasteiger partial charge in [0.25, 0.3) is 0 Å². The third-order valence-electron chi connectivity index (χ3n) is 3.34. The molecule has 11 heavy (non-hydrogen) atoms. The van der Waals surface area contributed by atoms with Crippen LogP contribution in [0.25, 0.3) is 0 Å². The van der Waals surface area contributed by atoms with Crippen LogP contribution in [-0.2, 0) is 0 Å². The number of hydrogen-bond acceptors (Lipinski definition) is 1. The van der Waals surface area contributed by atoms with E-state index in [1.165, 1.54) is 6.54 Å². The van der Waals surface area contributed by atoms with E-state index >= 15 is 0 Å². The van der Waals surface area contributed by atoms with E-state index in [4.69, 9.17) is 0 Å². The molecule has 2 fully saturated rings. The average Bonchev–Trinajstić information content (AvgIpc) is 2.36. The van der Waals surface area contributed by atoms with Crippen LogP contribution < -0.4 is 5.32 Å². The summed E-state index contributed by atoms with van der Waals surface area (Å²) in [6.45, 7) is 12.3. The fraction of sp³-hybridized carbons (Fsp3) is 1.00. The molecule has 3 unspecified atom stereocenters. The maximum absolute atomic E-state index is 3.47. The Kier molecular flexibility index (Phi) is 2.29. The number of piperidine rings is 1. The molecule has 0 aromatic carbocycles. The van der Waals surface area contributed by atoms with E-state index in [9.17, 15) is 0 Å². The highest BCUT2D eigenvalue weighted by atomic mass is 15.0. The van der Waals surface area contributed by atoms with Crippen molar-refractivity contribution in [2.75, 3.05) is 6.54 Å². The van der Waals surface area contributed by atoms with Crippen molar-refractivity contribution in [2.24, 2.45) is 17.3 Å². The fourth-order valence-electron chi connectivity index (χ4n) is 2.61. The minimum absolute atomic E-state index is 0.671. The lowest BCUT2D eigenvalue weighted by molar-refractivity contribution is 0.418. The van der Waals surface area contributed by atoms with Gasteiger partial charge in [-0.25, -0.2) is 0 Å². The van der Waals surface area contributed by atoms with E-state index < -0.39 is 0 Å². The second-order valence-electron chi connectivity index (χ2n) is 4.15. The molecule has 1 heteroatoms. The second kappa shape index (κ2) is 2.78. The first-order chi connectivity index (χ1) is 5.14. The molecule has 1 aliphatic carbocycles. The topological polar surface area (TPSA) is 12.0 Å². The summed E-state index contributed by atoms with van der Waals surface area (Å²) in [5, 5.41) is 3.47.